The van der Waals surface area contributed by atoms with Crippen LogP contribution in [0.3, 0.4) is 0 Å². The van der Waals surface area contributed by atoms with Gasteiger partial charge in [0.1, 0.15) is 11.5 Å². The number of nitrogens with one attached hydrogen (secondary N) is 1. The van der Waals surface area contributed by atoms with Crippen LogP contribution in [0.1, 0.15) is 0 Å². The molecule has 0 spiro atoms. The Bertz CT molecular complexity index is 575. The van der Waals surface area contributed by atoms with Gasteiger partial charge in [0.05, 0.1) is 19.9 Å². The second kappa shape index (κ2) is 4.74. The van der Waals surface area contributed by atoms with Crippen LogP contribution in [0.2, 0.25) is 0 Å². The smallest absolute Gasteiger partial charge is 0.248 e. The predicted molar refractivity (Wildman–Crippen MR) is 65.6 cm³/mol. The highest BCUT2D eigenvalue weighted by Gasteiger charge is 2.07. The van der Waals surface area contributed by atoms with Gasteiger partial charge in [-0.3, -0.25) is 4.79 Å². The zero-order valence-corrected chi connectivity index (χ0v) is 9.69. The summed E-state index contributed by atoms with van der Waals surface area (Å²) in [4.78, 5) is 14.0. The molecule has 0 bridgehead atoms. The minimum absolute atomic E-state index is 0.146. The van der Waals surface area contributed by atoms with E-state index < -0.39 is 0 Å². The highest BCUT2D eigenvalue weighted by molar-refractivity contribution is 5.68. The van der Waals surface area contributed by atoms with Gasteiger partial charge in [0, 0.05) is 11.6 Å². The van der Waals surface area contributed by atoms with E-state index >= 15 is 0 Å². The van der Waals surface area contributed by atoms with Gasteiger partial charge in [-0.15, -0.1) is 0 Å². The molecule has 0 aliphatic heterocycles. The van der Waals surface area contributed by atoms with Crippen molar-refractivity contribution in [2.24, 2.45) is 0 Å². The Morgan fingerprint density at radius 2 is 1.88 bits per heavy atom. The third kappa shape index (κ3) is 2.30. The van der Waals surface area contributed by atoms with Gasteiger partial charge in [-0.1, -0.05) is 6.07 Å². The molecule has 1 aromatic carbocycles. The summed E-state index contributed by atoms with van der Waals surface area (Å²) in [6.07, 6.45) is 0. The molecule has 0 saturated heterocycles. The van der Waals surface area contributed by atoms with Gasteiger partial charge < -0.3 is 14.5 Å². The second-order valence-electron chi connectivity index (χ2n) is 3.49. The Morgan fingerprint density at radius 3 is 2.53 bits per heavy atom. The number of rotatable bonds is 3. The van der Waals surface area contributed by atoms with E-state index in [2.05, 4.69) is 4.98 Å². The molecule has 0 fully saturated rings. The molecule has 1 heterocycles. The zero-order chi connectivity index (χ0) is 12.3. The highest BCUT2D eigenvalue weighted by Crippen LogP contribution is 2.31. The molecular weight excluding hydrogens is 218 g/mol. The van der Waals surface area contributed by atoms with Crippen LogP contribution in [-0.4, -0.2) is 19.2 Å². The Kier molecular flexibility index (Phi) is 3.14. The molecule has 0 amide bonds. The molecule has 0 aliphatic rings. The van der Waals surface area contributed by atoms with Crippen molar-refractivity contribution in [2.45, 2.75) is 0 Å². The summed E-state index contributed by atoms with van der Waals surface area (Å²) in [6.45, 7) is 0. The van der Waals surface area contributed by atoms with Crippen LogP contribution in [0.25, 0.3) is 11.3 Å². The number of pyridine rings is 1. The summed E-state index contributed by atoms with van der Waals surface area (Å²) in [5.74, 6) is 1.40. The van der Waals surface area contributed by atoms with Crippen molar-refractivity contribution < 1.29 is 9.47 Å². The average molecular weight is 231 g/mol. The van der Waals surface area contributed by atoms with Crippen molar-refractivity contribution >= 4 is 0 Å². The molecule has 2 rings (SSSR count). The Morgan fingerprint density at radius 1 is 1.06 bits per heavy atom. The molecule has 0 radical (unpaired) electrons. The quantitative estimate of drug-likeness (QED) is 0.879. The number of ether oxygens (including phenoxy) is 2. The van der Waals surface area contributed by atoms with Gasteiger partial charge in [0.15, 0.2) is 0 Å². The molecule has 1 N–H and O–H groups in total. The molecule has 0 aliphatic carbocycles. The maximum Gasteiger partial charge on any atom is 0.248 e. The van der Waals surface area contributed by atoms with Gasteiger partial charge in [-0.25, -0.2) is 0 Å². The lowest BCUT2D eigenvalue weighted by molar-refractivity contribution is 0.404. The molecule has 0 atom stereocenters. The topological polar surface area (TPSA) is 51.3 Å². The molecule has 17 heavy (non-hydrogen) atoms. The zero-order valence-electron chi connectivity index (χ0n) is 9.69. The fraction of sp³-hybridized carbons (Fsp3) is 0.154. The van der Waals surface area contributed by atoms with Crippen LogP contribution >= 0.6 is 0 Å². The molecule has 0 saturated carbocycles. The van der Waals surface area contributed by atoms with Crippen molar-refractivity contribution in [3.05, 3.63) is 46.8 Å². The molecule has 0 unspecified atom stereocenters. The Labute approximate surface area is 98.8 Å². The molecule has 4 nitrogen and oxygen atoms in total. The normalized spacial score (nSPS) is 10.0. The van der Waals surface area contributed by atoms with Crippen molar-refractivity contribution in [1.29, 1.82) is 0 Å². The minimum Gasteiger partial charge on any atom is -0.497 e. The largest absolute Gasteiger partial charge is 0.497 e. The van der Waals surface area contributed by atoms with E-state index in [9.17, 15) is 4.79 Å². The number of aromatic amines is 1. The third-order valence-electron chi connectivity index (χ3n) is 2.47. The first-order chi connectivity index (χ1) is 8.24. The SMILES string of the molecule is COc1ccc(OC)c(-c2cccc(=O)[nH]2)c1. The van der Waals surface area contributed by atoms with E-state index in [0.29, 0.717) is 17.2 Å². The van der Waals surface area contributed by atoms with Crippen molar-refractivity contribution in [1.82, 2.24) is 4.98 Å². The summed E-state index contributed by atoms with van der Waals surface area (Å²) in [5.41, 5.74) is 1.35. The summed E-state index contributed by atoms with van der Waals surface area (Å²) >= 11 is 0. The van der Waals surface area contributed by atoms with E-state index in [-0.39, 0.29) is 5.56 Å². The minimum atomic E-state index is -0.146. The molecule has 2 aromatic rings. The van der Waals surface area contributed by atoms with Gasteiger partial charge in [-0.05, 0) is 24.3 Å². The number of hydrogen-bond acceptors (Lipinski definition) is 3. The van der Waals surface area contributed by atoms with Crippen molar-refractivity contribution in [3.63, 3.8) is 0 Å². The Hall–Kier alpha value is -2.23. The van der Waals surface area contributed by atoms with E-state index in [1.807, 2.05) is 18.2 Å². The summed E-state index contributed by atoms with van der Waals surface area (Å²) in [5, 5.41) is 0. The summed E-state index contributed by atoms with van der Waals surface area (Å²) < 4.78 is 10.4. The lowest BCUT2D eigenvalue weighted by Crippen LogP contribution is -2.04. The fourth-order valence-corrected chi connectivity index (χ4v) is 1.63. The van der Waals surface area contributed by atoms with E-state index in [0.717, 1.165) is 5.56 Å². The summed E-state index contributed by atoms with van der Waals surface area (Å²) in [7, 11) is 3.19. The van der Waals surface area contributed by atoms with Crippen molar-refractivity contribution in [3.8, 4) is 22.8 Å². The molecule has 1 aromatic heterocycles. The number of aromatic nitrogens is 1. The van der Waals surface area contributed by atoms with Gasteiger partial charge in [-0.2, -0.15) is 0 Å². The highest BCUT2D eigenvalue weighted by atomic mass is 16.5. The third-order valence-corrected chi connectivity index (χ3v) is 2.47. The number of benzene rings is 1. The molecule has 88 valence electrons. The lowest BCUT2D eigenvalue weighted by Gasteiger charge is -2.10. The first-order valence-corrected chi connectivity index (χ1v) is 5.16. The Balaban J connectivity index is 2.59. The lowest BCUT2D eigenvalue weighted by atomic mass is 10.1. The van der Waals surface area contributed by atoms with Gasteiger partial charge in [0.2, 0.25) is 5.56 Å². The van der Waals surface area contributed by atoms with E-state index in [1.54, 1.807) is 26.4 Å². The number of hydrogen-bond donors (Lipinski definition) is 1. The van der Waals surface area contributed by atoms with Crippen molar-refractivity contribution in [2.75, 3.05) is 14.2 Å². The standard InChI is InChI=1S/C13H13NO3/c1-16-9-6-7-12(17-2)10(8-9)11-4-3-5-13(15)14-11/h3-8H,1-2H3,(H,14,15). The maximum atomic E-state index is 11.3. The number of methoxy groups -OCH3 is 2. The van der Waals surface area contributed by atoms with Crippen LogP contribution < -0.4 is 15.0 Å². The predicted octanol–water partition coefficient (Wildman–Crippen LogP) is 2.06. The van der Waals surface area contributed by atoms with Crippen LogP contribution in [0.5, 0.6) is 11.5 Å². The average Bonchev–Trinajstić information content (AvgIpc) is 2.38. The first kappa shape index (κ1) is 11.3. The van der Waals surface area contributed by atoms with Gasteiger partial charge in [0.25, 0.3) is 0 Å². The van der Waals surface area contributed by atoms with Crippen LogP contribution in [0.15, 0.2) is 41.2 Å². The first-order valence-electron chi connectivity index (χ1n) is 5.16. The monoisotopic (exact) mass is 231 g/mol. The van der Waals surface area contributed by atoms with Crippen LogP contribution in [0.4, 0.5) is 0 Å². The molecule has 4 heteroatoms. The maximum absolute atomic E-state index is 11.3. The summed E-state index contributed by atoms with van der Waals surface area (Å²) in [6, 6.07) is 10.4. The van der Waals surface area contributed by atoms with Crippen LogP contribution in [0, 0.1) is 0 Å². The van der Waals surface area contributed by atoms with Crippen LogP contribution in [-0.2, 0) is 0 Å². The van der Waals surface area contributed by atoms with Gasteiger partial charge >= 0.3 is 0 Å². The van der Waals surface area contributed by atoms with E-state index in [4.69, 9.17) is 9.47 Å². The number of H-pyrrole nitrogens is 1. The molecular formula is C13H13NO3. The second-order valence-corrected chi connectivity index (χ2v) is 3.49. The fourth-order valence-electron chi connectivity index (χ4n) is 1.63. The van der Waals surface area contributed by atoms with E-state index in [1.165, 1.54) is 6.07 Å².